The van der Waals surface area contributed by atoms with Crippen LogP contribution in [0.1, 0.15) is 265 Å². The zero-order chi connectivity index (χ0) is 38.7. The van der Waals surface area contributed by atoms with E-state index in [1.165, 1.54) is 161 Å². The highest BCUT2D eigenvalue weighted by atomic mass is 16.6. The van der Waals surface area contributed by atoms with Gasteiger partial charge >= 0.3 is 17.9 Å². The minimum absolute atomic E-state index is 0.0641. The Bertz CT molecular complexity index is 783. The van der Waals surface area contributed by atoms with Crippen molar-refractivity contribution in [3.8, 4) is 0 Å². The van der Waals surface area contributed by atoms with Gasteiger partial charge in [-0.3, -0.25) is 14.4 Å². The van der Waals surface area contributed by atoms with Gasteiger partial charge in [0.25, 0.3) is 0 Å². The Morgan fingerprint density at radius 1 is 0.302 bits per heavy atom. The largest absolute Gasteiger partial charge is 0.462 e. The quantitative estimate of drug-likeness (QED) is 0.0351. The fourth-order valence-electron chi connectivity index (χ4n) is 7.03. The van der Waals surface area contributed by atoms with E-state index in [1.807, 2.05) is 0 Å². The molecule has 0 aromatic rings. The van der Waals surface area contributed by atoms with E-state index in [2.05, 4.69) is 20.8 Å². The number of rotatable bonds is 43. The first-order valence-electron chi connectivity index (χ1n) is 23.5. The van der Waals surface area contributed by atoms with E-state index in [-0.39, 0.29) is 31.1 Å². The van der Waals surface area contributed by atoms with Crippen molar-refractivity contribution in [2.24, 2.45) is 0 Å². The third-order valence-electron chi connectivity index (χ3n) is 10.6. The van der Waals surface area contributed by atoms with E-state index in [1.54, 1.807) is 0 Å². The molecule has 0 bridgehead atoms. The Hall–Kier alpha value is -1.59. The summed E-state index contributed by atoms with van der Waals surface area (Å²) in [5.74, 6) is -0.864. The first kappa shape index (κ1) is 51.4. The maximum atomic E-state index is 12.5. The van der Waals surface area contributed by atoms with Crippen LogP contribution in [0.15, 0.2) is 0 Å². The molecule has 0 unspecified atom stereocenters. The summed E-state index contributed by atoms with van der Waals surface area (Å²) in [5, 5.41) is 0. The predicted molar refractivity (Wildman–Crippen MR) is 224 cm³/mol. The molecule has 0 fully saturated rings. The van der Waals surface area contributed by atoms with Crippen molar-refractivity contribution < 1.29 is 28.6 Å². The van der Waals surface area contributed by atoms with E-state index in [0.29, 0.717) is 19.3 Å². The lowest BCUT2D eigenvalue weighted by Gasteiger charge is -2.18. The summed E-state index contributed by atoms with van der Waals surface area (Å²) in [4.78, 5) is 37.5. The van der Waals surface area contributed by atoms with Crippen LogP contribution < -0.4 is 0 Å². The molecule has 53 heavy (non-hydrogen) atoms. The predicted octanol–water partition coefficient (Wildman–Crippen LogP) is 14.9. The number of carbonyl (C=O) groups excluding carboxylic acids is 3. The van der Waals surface area contributed by atoms with Crippen LogP contribution in [0.4, 0.5) is 0 Å². The molecule has 0 aliphatic carbocycles. The average Bonchev–Trinajstić information content (AvgIpc) is 3.15. The van der Waals surface area contributed by atoms with Gasteiger partial charge in [-0.2, -0.15) is 0 Å². The Balaban J connectivity index is 4.09. The van der Waals surface area contributed by atoms with Crippen LogP contribution in [0.3, 0.4) is 0 Å². The minimum atomic E-state index is -0.756. The van der Waals surface area contributed by atoms with Gasteiger partial charge in [-0.1, -0.05) is 226 Å². The molecule has 6 nitrogen and oxygen atoms in total. The van der Waals surface area contributed by atoms with Crippen LogP contribution in [0, 0.1) is 0 Å². The highest BCUT2D eigenvalue weighted by molar-refractivity contribution is 5.71. The molecule has 0 amide bonds. The topological polar surface area (TPSA) is 78.9 Å². The van der Waals surface area contributed by atoms with E-state index in [9.17, 15) is 14.4 Å². The summed E-state index contributed by atoms with van der Waals surface area (Å²) < 4.78 is 16.6. The van der Waals surface area contributed by atoms with Crippen LogP contribution in [0.25, 0.3) is 0 Å². The molecule has 1 atom stereocenters. The maximum absolute atomic E-state index is 12.5. The Labute approximate surface area is 329 Å². The Kier molecular flexibility index (Phi) is 41.8. The van der Waals surface area contributed by atoms with E-state index < -0.39 is 6.10 Å². The van der Waals surface area contributed by atoms with Crippen molar-refractivity contribution in [3.05, 3.63) is 0 Å². The molecule has 0 radical (unpaired) electrons. The van der Waals surface area contributed by atoms with Crippen molar-refractivity contribution in [3.63, 3.8) is 0 Å². The molecule has 0 rings (SSSR count). The molecular weight excluding hydrogens is 661 g/mol. The smallest absolute Gasteiger partial charge is 0.306 e. The highest BCUT2D eigenvalue weighted by Gasteiger charge is 2.19. The lowest BCUT2D eigenvalue weighted by atomic mass is 10.0. The molecule has 0 aromatic carbocycles. The van der Waals surface area contributed by atoms with Gasteiger partial charge in [-0.05, 0) is 19.3 Å². The van der Waals surface area contributed by atoms with Crippen LogP contribution in [0.5, 0.6) is 0 Å². The summed E-state index contributed by atoms with van der Waals surface area (Å²) >= 11 is 0. The van der Waals surface area contributed by atoms with Crippen molar-refractivity contribution in [1.82, 2.24) is 0 Å². The zero-order valence-electron chi connectivity index (χ0n) is 35.8. The summed E-state index contributed by atoms with van der Waals surface area (Å²) in [6, 6.07) is 0. The van der Waals surface area contributed by atoms with Gasteiger partial charge in [0, 0.05) is 19.3 Å². The molecule has 0 spiro atoms. The van der Waals surface area contributed by atoms with Gasteiger partial charge in [0.1, 0.15) is 13.2 Å². The van der Waals surface area contributed by atoms with E-state index >= 15 is 0 Å². The second-order valence-corrected chi connectivity index (χ2v) is 16.0. The van der Waals surface area contributed by atoms with E-state index in [0.717, 1.165) is 64.2 Å². The fourth-order valence-corrected chi connectivity index (χ4v) is 7.03. The third kappa shape index (κ3) is 41.4. The molecule has 0 N–H and O–H groups in total. The number of unbranched alkanes of at least 4 members (excludes halogenated alkanes) is 32. The zero-order valence-corrected chi connectivity index (χ0v) is 35.8. The summed E-state index contributed by atoms with van der Waals surface area (Å²) in [7, 11) is 0. The first-order valence-corrected chi connectivity index (χ1v) is 23.5. The highest BCUT2D eigenvalue weighted by Crippen LogP contribution is 2.16. The standard InChI is InChI=1S/C47H90O6/c1-4-7-10-13-15-17-19-21-22-23-24-26-28-30-32-35-37-40-46(49)52-43-44(53-47(50)41-38-33-12-9-6-3)42-51-45(48)39-36-34-31-29-27-25-20-18-16-14-11-8-5-2/h44H,4-43H2,1-3H3/t44-/m0/s1. The number of hydrogen-bond acceptors (Lipinski definition) is 6. The number of esters is 3. The SMILES string of the molecule is CCCCCCCCCCCCCCCCCCCC(=O)OC[C@H](COC(=O)CCCCCCCCCCCCCCC)OC(=O)CCCCCCC. The molecule has 0 heterocycles. The van der Waals surface area contributed by atoms with Crippen LogP contribution in [-0.2, 0) is 28.6 Å². The van der Waals surface area contributed by atoms with Gasteiger partial charge in [0.15, 0.2) is 6.10 Å². The number of hydrogen-bond donors (Lipinski definition) is 0. The number of ether oxygens (including phenoxy) is 3. The second kappa shape index (κ2) is 43.1. The summed E-state index contributed by atoms with van der Waals surface area (Å²) in [6.45, 7) is 6.58. The molecule has 0 saturated carbocycles. The second-order valence-electron chi connectivity index (χ2n) is 16.0. The van der Waals surface area contributed by atoms with Gasteiger partial charge < -0.3 is 14.2 Å². The molecule has 6 heteroatoms. The van der Waals surface area contributed by atoms with Gasteiger partial charge in [-0.25, -0.2) is 0 Å². The Morgan fingerprint density at radius 2 is 0.509 bits per heavy atom. The normalized spacial score (nSPS) is 11.8. The lowest BCUT2D eigenvalue weighted by molar-refractivity contribution is -0.167. The molecule has 0 saturated heterocycles. The average molecular weight is 751 g/mol. The molecule has 0 aliphatic rings. The van der Waals surface area contributed by atoms with Gasteiger partial charge in [0.2, 0.25) is 0 Å². The van der Waals surface area contributed by atoms with Crippen molar-refractivity contribution >= 4 is 17.9 Å². The fraction of sp³-hybridized carbons (Fsp3) is 0.936. The Morgan fingerprint density at radius 3 is 0.755 bits per heavy atom. The van der Waals surface area contributed by atoms with Crippen LogP contribution in [0.2, 0.25) is 0 Å². The first-order chi connectivity index (χ1) is 26.0. The third-order valence-corrected chi connectivity index (χ3v) is 10.6. The van der Waals surface area contributed by atoms with Gasteiger partial charge in [-0.15, -0.1) is 0 Å². The lowest BCUT2D eigenvalue weighted by Crippen LogP contribution is -2.30. The maximum Gasteiger partial charge on any atom is 0.306 e. The summed E-state index contributed by atoms with van der Waals surface area (Å²) in [5.41, 5.74) is 0. The van der Waals surface area contributed by atoms with Crippen molar-refractivity contribution in [2.75, 3.05) is 13.2 Å². The molecule has 0 aromatic heterocycles. The van der Waals surface area contributed by atoms with Crippen molar-refractivity contribution in [2.45, 2.75) is 271 Å². The molecule has 314 valence electrons. The molecular formula is C47H90O6. The minimum Gasteiger partial charge on any atom is -0.462 e. The van der Waals surface area contributed by atoms with Crippen LogP contribution in [-0.4, -0.2) is 37.2 Å². The number of carbonyl (C=O) groups is 3. The summed E-state index contributed by atoms with van der Waals surface area (Å²) in [6.07, 6.45) is 44.0. The van der Waals surface area contributed by atoms with Crippen molar-refractivity contribution in [1.29, 1.82) is 0 Å². The van der Waals surface area contributed by atoms with Crippen LogP contribution >= 0.6 is 0 Å². The van der Waals surface area contributed by atoms with Gasteiger partial charge in [0.05, 0.1) is 0 Å². The van der Waals surface area contributed by atoms with E-state index in [4.69, 9.17) is 14.2 Å². The monoisotopic (exact) mass is 751 g/mol. The molecule has 0 aliphatic heterocycles.